The highest BCUT2D eigenvalue weighted by Crippen LogP contribution is 2.32. The molecule has 124 valence electrons. The highest BCUT2D eigenvalue weighted by Gasteiger charge is 2.39. The van der Waals surface area contributed by atoms with Crippen molar-refractivity contribution in [3.8, 4) is 0 Å². The van der Waals surface area contributed by atoms with E-state index >= 15 is 0 Å². The molecule has 1 N–H and O–H groups in total. The van der Waals surface area contributed by atoms with Crippen molar-refractivity contribution < 1.29 is 17.2 Å². The number of hydrogen-bond donors (Lipinski definition) is 1. The normalized spacial score (nSPS) is 27.7. The summed E-state index contributed by atoms with van der Waals surface area (Å²) < 4.78 is 53.1. The highest BCUT2D eigenvalue weighted by molar-refractivity contribution is 7.89. The maximum atomic E-state index is 13.8. The first-order valence-corrected chi connectivity index (χ1v) is 8.51. The highest BCUT2D eigenvalue weighted by atomic mass is 35.5. The molecule has 2 atom stereocenters. The van der Waals surface area contributed by atoms with Gasteiger partial charge in [-0.05, 0) is 37.8 Å². The van der Waals surface area contributed by atoms with E-state index in [9.17, 15) is 17.2 Å². The number of halogens is 3. The first-order valence-electron chi connectivity index (χ1n) is 7.07. The van der Waals surface area contributed by atoms with Gasteiger partial charge in [-0.2, -0.15) is 4.31 Å². The van der Waals surface area contributed by atoms with Gasteiger partial charge in [-0.25, -0.2) is 17.2 Å². The van der Waals surface area contributed by atoms with Crippen LogP contribution < -0.4 is 5.32 Å². The van der Waals surface area contributed by atoms with Gasteiger partial charge in [-0.1, -0.05) is 0 Å². The van der Waals surface area contributed by atoms with Crippen LogP contribution in [0.25, 0.3) is 0 Å². The van der Waals surface area contributed by atoms with Crippen LogP contribution in [0.15, 0.2) is 23.1 Å². The molecule has 22 heavy (non-hydrogen) atoms. The summed E-state index contributed by atoms with van der Waals surface area (Å²) in [4.78, 5) is -0.461. The van der Waals surface area contributed by atoms with E-state index in [0.29, 0.717) is 18.2 Å². The average molecular weight is 353 g/mol. The Morgan fingerprint density at radius 2 is 1.77 bits per heavy atom. The molecule has 0 aliphatic carbocycles. The largest absolute Gasteiger partial charge is 0.311 e. The Labute approximate surface area is 135 Å². The van der Waals surface area contributed by atoms with E-state index in [1.165, 1.54) is 11.4 Å². The van der Waals surface area contributed by atoms with Crippen molar-refractivity contribution in [2.24, 2.45) is 0 Å². The van der Waals surface area contributed by atoms with Crippen molar-refractivity contribution in [3.63, 3.8) is 0 Å². The minimum absolute atomic E-state index is 0. The summed E-state index contributed by atoms with van der Waals surface area (Å²) in [6.07, 6.45) is 3.57. The average Bonchev–Trinajstić information content (AvgIpc) is 2.76. The van der Waals surface area contributed by atoms with Crippen LogP contribution in [0.4, 0.5) is 8.78 Å². The zero-order chi connectivity index (χ0) is 15.2. The summed E-state index contributed by atoms with van der Waals surface area (Å²) in [6.45, 7) is 0. The van der Waals surface area contributed by atoms with Gasteiger partial charge in [0, 0.05) is 31.2 Å². The Morgan fingerprint density at radius 1 is 1.18 bits per heavy atom. The van der Waals surface area contributed by atoms with Gasteiger partial charge in [-0.15, -0.1) is 12.4 Å². The van der Waals surface area contributed by atoms with Gasteiger partial charge in [-0.3, -0.25) is 0 Å². The minimum atomic E-state index is -3.94. The van der Waals surface area contributed by atoms with Crippen LogP contribution >= 0.6 is 12.4 Å². The molecule has 2 fully saturated rings. The molecule has 2 aliphatic heterocycles. The number of rotatable bonds is 3. The Bertz CT molecular complexity index is 644. The van der Waals surface area contributed by atoms with Gasteiger partial charge in [0.05, 0.1) is 0 Å². The second kappa shape index (κ2) is 6.39. The lowest BCUT2D eigenvalue weighted by Gasteiger charge is -2.34. The number of fused-ring (bicyclic) bond motifs is 2. The zero-order valence-electron chi connectivity index (χ0n) is 12.1. The Hall–Kier alpha value is -0.760. The monoisotopic (exact) mass is 352 g/mol. The topological polar surface area (TPSA) is 49.4 Å². The number of sulfonamides is 1. The van der Waals surface area contributed by atoms with Gasteiger partial charge in [0.25, 0.3) is 0 Å². The lowest BCUT2D eigenvalue weighted by molar-refractivity contribution is 0.251. The fourth-order valence-electron chi connectivity index (χ4n) is 3.36. The molecule has 2 aliphatic rings. The summed E-state index contributed by atoms with van der Waals surface area (Å²) in [5, 5.41) is 3.44. The molecule has 3 rings (SSSR count). The molecule has 2 saturated heterocycles. The molecule has 0 spiro atoms. The number of benzene rings is 1. The quantitative estimate of drug-likeness (QED) is 0.908. The second-order valence-electron chi connectivity index (χ2n) is 5.86. The lowest BCUT2D eigenvalue weighted by Crippen LogP contribution is -2.48. The predicted molar refractivity (Wildman–Crippen MR) is 81.5 cm³/mol. The standard InChI is InChI=1S/C14H18F2N2O2S.ClH/c1-18(12-7-10-3-4-11(8-12)17-10)21(19,20)14-5-2-9(15)6-13(14)16;/h2,5-6,10-12,17H,3-4,7-8H2,1H3;1H. The third-order valence-corrected chi connectivity index (χ3v) is 6.46. The van der Waals surface area contributed by atoms with Crippen molar-refractivity contribution in [1.29, 1.82) is 0 Å². The minimum Gasteiger partial charge on any atom is -0.311 e. The number of nitrogens with one attached hydrogen (secondary N) is 1. The third-order valence-electron chi connectivity index (χ3n) is 4.51. The summed E-state index contributed by atoms with van der Waals surface area (Å²) in [5.74, 6) is -1.83. The van der Waals surface area contributed by atoms with Crippen molar-refractivity contribution in [3.05, 3.63) is 29.8 Å². The molecule has 1 aromatic rings. The Kier molecular flexibility index (Phi) is 5.11. The van der Waals surface area contributed by atoms with Crippen LogP contribution in [-0.2, 0) is 10.0 Å². The molecule has 0 aromatic heterocycles. The molecule has 2 bridgehead atoms. The van der Waals surface area contributed by atoms with Crippen LogP contribution in [0, 0.1) is 11.6 Å². The predicted octanol–water partition coefficient (Wildman–Crippen LogP) is 2.29. The lowest BCUT2D eigenvalue weighted by atomic mass is 10.0. The number of piperidine rings is 1. The molecular formula is C14H19ClF2N2O2S. The van der Waals surface area contributed by atoms with E-state index in [1.807, 2.05) is 0 Å². The van der Waals surface area contributed by atoms with Gasteiger partial charge in [0.1, 0.15) is 16.5 Å². The Morgan fingerprint density at radius 3 is 2.32 bits per heavy atom. The molecule has 2 unspecified atom stereocenters. The molecule has 2 heterocycles. The van der Waals surface area contributed by atoms with Crippen LogP contribution in [0.5, 0.6) is 0 Å². The molecule has 8 heteroatoms. The van der Waals surface area contributed by atoms with E-state index in [0.717, 1.165) is 37.8 Å². The maximum Gasteiger partial charge on any atom is 0.245 e. The number of nitrogens with zero attached hydrogens (tertiary/aromatic N) is 1. The Balaban J connectivity index is 0.00000176. The van der Waals surface area contributed by atoms with Crippen LogP contribution in [-0.4, -0.2) is 37.9 Å². The van der Waals surface area contributed by atoms with Crippen LogP contribution in [0.2, 0.25) is 0 Å². The fourth-order valence-corrected chi connectivity index (χ4v) is 4.78. The first kappa shape index (κ1) is 17.6. The second-order valence-corrected chi connectivity index (χ2v) is 7.83. The molecule has 0 saturated carbocycles. The molecule has 0 radical (unpaired) electrons. The summed E-state index contributed by atoms with van der Waals surface area (Å²) in [5.41, 5.74) is 0. The SMILES string of the molecule is CN(C1CC2CCC(C1)N2)S(=O)(=O)c1ccc(F)cc1F.Cl. The van der Waals surface area contributed by atoms with Crippen LogP contribution in [0.1, 0.15) is 25.7 Å². The van der Waals surface area contributed by atoms with Crippen LogP contribution in [0.3, 0.4) is 0 Å². The molecule has 4 nitrogen and oxygen atoms in total. The zero-order valence-corrected chi connectivity index (χ0v) is 13.8. The maximum absolute atomic E-state index is 13.8. The summed E-state index contributed by atoms with van der Waals surface area (Å²) in [6, 6.07) is 3.10. The van der Waals surface area contributed by atoms with Crippen molar-refractivity contribution in [1.82, 2.24) is 9.62 Å². The fraction of sp³-hybridized carbons (Fsp3) is 0.571. The van der Waals surface area contributed by atoms with Gasteiger partial charge in [0.15, 0.2) is 0 Å². The smallest absolute Gasteiger partial charge is 0.245 e. The molecular weight excluding hydrogens is 334 g/mol. The van der Waals surface area contributed by atoms with Crippen molar-refractivity contribution in [2.75, 3.05) is 7.05 Å². The van der Waals surface area contributed by atoms with E-state index in [2.05, 4.69) is 5.32 Å². The summed E-state index contributed by atoms with van der Waals surface area (Å²) in [7, 11) is -2.46. The molecule has 0 amide bonds. The van der Waals surface area contributed by atoms with Gasteiger partial charge >= 0.3 is 0 Å². The van der Waals surface area contributed by atoms with Gasteiger partial charge < -0.3 is 5.32 Å². The number of hydrogen-bond acceptors (Lipinski definition) is 3. The van der Waals surface area contributed by atoms with Crippen molar-refractivity contribution in [2.45, 2.75) is 48.7 Å². The third kappa shape index (κ3) is 3.13. The van der Waals surface area contributed by atoms with E-state index in [1.54, 1.807) is 0 Å². The van der Waals surface area contributed by atoms with E-state index in [4.69, 9.17) is 0 Å². The first-order chi connectivity index (χ1) is 9.88. The van der Waals surface area contributed by atoms with Gasteiger partial charge in [0.2, 0.25) is 10.0 Å². The van der Waals surface area contributed by atoms with E-state index in [-0.39, 0.29) is 18.4 Å². The molecule has 1 aromatic carbocycles. The van der Waals surface area contributed by atoms with E-state index < -0.39 is 26.6 Å². The van der Waals surface area contributed by atoms with Crippen molar-refractivity contribution >= 4 is 22.4 Å². The summed E-state index contributed by atoms with van der Waals surface area (Å²) >= 11 is 0.